The van der Waals surface area contributed by atoms with Crippen molar-refractivity contribution >= 4 is 40.3 Å². The summed E-state index contributed by atoms with van der Waals surface area (Å²) < 4.78 is 0. The van der Waals surface area contributed by atoms with Crippen LogP contribution in [0.5, 0.6) is 0 Å². The van der Waals surface area contributed by atoms with Gasteiger partial charge in [-0.3, -0.25) is 19.7 Å². The SMILES string of the molecule is O=C(CNc1cc([N+](=O)[O-])ccc1NCCO)Nc1ccc(N2CCCC2=O)cc1. The summed E-state index contributed by atoms with van der Waals surface area (Å²) in [4.78, 5) is 36.3. The minimum absolute atomic E-state index is 0.0959. The molecule has 1 heterocycles. The molecule has 0 aromatic heterocycles. The Labute approximate surface area is 173 Å². The van der Waals surface area contributed by atoms with Crippen molar-refractivity contribution < 1.29 is 19.6 Å². The summed E-state index contributed by atoms with van der Waals surface area (Å²) in [6, 6.07) is 11.2. The summed E-state index contributed by atoms with van der Waals surface area (Å²) >= 11 is 0. The molecule has 2 aromatic carbocycles. The zero-order valence-corrected chi connectivity index (χ0v) is 16.3. The van der Waals surface area contributed by atoms with Gasteiger partial charge in [-0.1, -0.05) is 0 Å². The molecule has 1 saturated heterocycles. The fraction of sp³-hybridized carbons (Fsp3) is 0.300. The normalized spacial score (nSPS) is 13.2. The molecule has 1 aliphatic rings. The number of nitrogens with one attached hydrogen (secondary N) is 3. The van der Waals surface area contributed by atoms with Gasteiger partial charge in [0.15, 0.2) is 0 Å². The van der Waals surface area contributed by atoms with E-state index in [9.17, 15) is 19.7 Å². The highest BCUT2D eigenvalue weighted by molar-refractivity contribution is 5.97. The van der Waals surface area contributed by atoms with Crippen LogP contribution in [0.4, 0.5) is 28.4 Å². The van der Waals surface area contributed by atoms with Crippen molar-refractivity contribution in [1.82, 2.24) is 0 Å². The number of nitro benzene ring substituents is 1. The van der Waals surface area contributed by atoms with E-state index < -0.39 is 4.92 Å². The highest BCUT2D eigenvalue weighted by Gasteiger charge is 2.21. The standard InChI is InChI=1S/C20H23N5O5/c26-11-9-21-17-8-7-16(25(29)30)12-18(17)22-13-19(27)23-14-3-5-15(6-4-14)24-10-1-2-20(24)28/h3-8,12,21-22,26H,1-2,9-11,13H2,(H,23,27). The van der Waals surface area contributed by atoms with Crippen molar-refractivity contribution in [2.75, 3.05) is 47.1 Å². The van der Waals surface area contributed by atoms with Gasteiger partial charge in [0.25, 0.3) is 5.69 Å². The maximum absolute atomic E-state index is 12.3. The summed E-state index contributed by atoms with van der Waals surface area (Å²) in [5, 5.41) is 28.6. The van der Waals surface area contributed by atoms with Crippen molar-refractivity contribution in [3.8, 4) is 0 Å². The van der Waals surface area contributed by atoms with Crippen LogP contribution in [-0.2, 0) is 9.59 Å². The van der Waals surface area contributed by atoms with E-state index in [1.807, 2.05) is 0 Å². The van der Waals surface area contributed by atoms with Crippen LogP contribution in [0.15, 0.2) is 42.5 Å². The van der Waals surface area contributed by atoms with Crippen LogP contribution >= 0.6 is 0 Å². The average molecular weight is 413 g/mol. The van der Waals surface area contributed by atoms with Gasteiger partial charge in [-0.05, 0) is 36.8 Å². The molecule has 0 bridgehead atoms. The summed E-state index contributed by atoms with van der Waals surface area (Å²) in [5.74, 6) is -0.238. The molecule has 10 heteroatoms. The summed E-state index contributed by atoms with van der Waals surface area (Å²) in [7, 11) is 0. The molecule has 10 nitrogen and oxygen atoms in total. The van der Waals surface area contributed by atoms with Crippen molar-refractivity contribution in [1.29, 1.82) is 0 Å². The topological polar surface area (TPSA) is 137 Å². The van der Waals surface area contributed by atoms with Crippen molar-refractivity contribution in [2.24, 2.45) is 0 Å². The van der Waals surface area contributed by atoms with Gasteiger partial charge in [0.2, 0.25) is 11.8 Å². The molecule has 1 aliphatic heterocycles. The van der Waals surface area contributed by atoms with Gasteiger partial charge in [-0.15, -0.1) is 0 Å². The number of nitro groups is 1. The number of aliphatic hydroxyl groups excluding tert-OH is 1. The van der Waals surface area contributed by atoms with Crippen molar-refractivity contribution in [2.45, 2.75) is 12.8 Å². The lowest BCUT2D eigenvalue weighted by molar-refractivity contribution is -0.384. The molecule has 0 aliphatic carbocycles. The average Bonchev–Trinajstić information content (AvgIpc) is 3.17. The third kappa shape index (κ3) is 5.23. The third-order valence-corrected chi connectivity index (χ3v) is 4.62. The summed E-state index contributed by atoms with van der Waals surface area (Å²) in [5.41, 5.74) is 2.19. The molecule has 2 amide bonds. The Balaban J connectivity index is 1.60. The Kier molecular flexibility index (Phi) is 6.81. The number of aliphatic hydroxyl groups is 1. The second-order valence-electron chi connectivity index (χ2n) is 6.73. The van der Waals surface area contributed by atoms with Gasteiger partial charge >= 0.3 is 0 Å². The van der Waals surface area contributed by atoms with Gasteiger partial charge in [0.1, 0.15) is 0 Å². The maximum Gasteiger partial charge on any atom is 0.271 e. The van der Waals surface area contributed by atoms with Gasteiger partial charge in [0, 0.05) is 43.0 Å². The van der Waals surface area contributed by atoms with Crippen LogP contribution in [0.1, 0.15) is 12.8 Å². The van der Waals surface area contributed by atoms with Gasteiger partial charge in [-0.2, -0.15) is 0 Å². The molecule has 158 valence electrons. The first-order valence-electron chi connectivity index (χ1n) is 9.55. The molecule has 2 aromatic rings. The zero-order chi connectivity index (χ0) is 21.5. The van der Waals surface area contributed by atoms with E-state index in [1.54, 1.807) is 29.2 Å². The number of non-ortho nitro benzene ring substituents is 1. The number of hydrogen-bond acceptors (Lipinski definition) is 7. The molecule has 0 radical (unpaired) electrons. The number of hydrogen-bond donors (Lipinski definition) is 4. The van der Waals surface area contributed by atoms with Crippen molar-refractivity contribution in [3.05, 3.63) is 52.6 Å². The lowest BCUT2D eigenvalue weighted by Crippen LogP contribution is -2.24. The molecular formula is C20H23N5O5. The second kappa shape index (κ2) is 9.70. The number of rotatable bonds is 9. The Morgan fingerprint density at radius 1 is 1.13 bits per heavy atom. The maximum atomic E-state index is 12.3. The fourth-order valence-corrected chi connectivity index (χ4v) is 3.16. The van der Waals surface area contributed by atoms with E-state index in [0.29, 0.717) is 30.0 Å². The molecule has 30 heavy (non-hydrogen) atoms. The van der Waals surface area contributed by atoms with Gasteiger partial charge < -0.3 is 26.0 Å². The largest absolute Gasteiger partial charge is 0.395 e. The number of anilines is 4. The number of amides is 2. The van der Waals surface area contributed by atoms with E-state index in [1.165, 1.54) is 18.2 Å². The Morgan fingerprint density at radius 2 is 1.90 bits per heavy atom. The summed E-state index contributed by atoms with van der Waals surface area (Å²) in [6.07, 6.45) is 1.40. The second-order valence-corrected chi connectivity index (χ2v) is 6.73. The predicted octanol–water partition coefficient (Wildman–Crippen LogP) is 2.18. The van der Waals surface area contributed by atoms with Gasteiger partial charge in [0.05, 0.1) is 29.4 Å². The first kappa shape index (κ1) is 21.1. The zero-order valence-electron chi connectivity index (χ0n) is 16.3. The minimum Gasteiger partial charge on any atom is -0.395 e. The lowest BCUT2D eigenvalue weighted by atomic mass is 10.2. The van der Waals surface area contributed by atoms with Gasteiger partial charge in [-0.25, -0.2) is 0 Å². The van der Waals surface area contributed by atoms with Crippen LogP contribution in [0.25, 0.3) is 0 Å². The number of benzene rings is 2. The first-order chi connectivity index (χ1) is 14.5. The van der Waals surface area contributed by atoms with E-state index >= 15 is 0 Å². The fourth-order valence-electron chi connectivity index (χ4n) is 3.16. The Morgan fingerprint density at radius 3 is 2.53 bits per heavy atom. The predicted molar refractivity (Wildman–Crippen MR) is 114 cm³/mol. The summed E-state index contributed by atoms with van der Waals surface area (Å²) in [6.45, 7) is 0.756. The Hall–Kier alpha value is -3.66. The molecule has 0 atom stereocenters. The molecule has 0 unspecified atom stereocenters. The number of nitrogens with zero attached hydrogens (tertiary/aromatic N) is 2. The number of carbonyl (C=O) groups is 2. The van der Waals surface area contributed by atoms with Crippen LogP contribution in [0.3, 0.4) is 0 Å². The van der Waals surface area contributed by atoms with Crippen LogP contribution < -0.4 is 20.9 Å². The van der Waals surface area contributed by atoms with E-state index in [-0.39, 0.29) is 37.2 Å². The minimum atomic E-state index is -0.520. The van der Waals surface area contributed by atoms with Crippen LogP contribution in [0.2, 0.25) is 0 Å². The molecular weight excluding hydrogens is 390 g/mol. The van der Waals surface area contributed by atoms with Crippen LogP contribution in [-0.4, -0.2) is 48.1 Å². The number of carbonyl (C=O) groups excluding carboxylic acids is 2. The third-order valence-electron chi connectivity index (χ3n) is 4.62. The molecule has 0 spiro atoms. The smallest absolute Gasteiger partial charge is 0.271 e. The van der Waals surface area contributed by atoms with E-state index in [2.05, 4.69) is 16.0 Å². The Bertz CT molecular complexity index is 932. The molecule has 0 saturated carbocycles. The molecule has 4 N–H and O–H groups in total. The van der Waals surface area contributed by atoms with Crippen LogP contribution in [0, 0.1) is 10.1 Å². The van der Waals surface area contributed by atoms with E-state index in [4.69, 9.17) is 5.11 Å². The first-order valence-corrected chi connectivity index (χ1v) is 9.55. The van der Waals surface area contributed by atoms with E-state index in [0.717, 1.165) is 12.1 Å². The van der Waals surface area contributed by atoms with Crippen molar-refractivity contribution in [3.63, 3.8) is 0 Å². The quantitative estimate of drug-likeness (QED) is 0.365. The monoisotopic (exact) mass is 413 g/mol. The highest BCUT2D eigenvalue weighted by Crippen LogP contribution is 2.27. The lowest BCUT2D eigenvalue weighted by Gasteiger charge is -2.16. The molecule has 3 rings (SSSR count). The highest BCUT2D eigenvalue weighted by atomic mass is 16.6. The molecule has 1 fully saturated rings.